The second-order valence-electron chi connectivity index (χ2n) is 7.00. The van der Waals surface area contributed by atoms with Gasteiger partial charge in [0, 0.05) is 18.2 Å². The lowest BCUT2D eigenvalue weighted by Crippen LogP contribution is -2.41. The van der Waals surface area contributed by atoms with Crippen LogP contribution in [0.15, 0.2) is 40.8 Å². The highest BCUT2D eigenvalue weighted by Crippen LogP contribution is 2.47. The van der Waals surface area contributed by atoms with Crippen molar-refractivity contribution in [1.29, 1.82) is 0 Å². The molecule has 1 aliphatic heterocycles. The summed E-state index contributed by atoms with van der Waals surface area (Å²) in [6.07, 6.45) is 3.32. The number of rotatable bonds is 5. The fourth-order valence-corrected chi connectivity index (χ4v) is 3.59. The summed E-state index contributed by atoms with van der Waals surface area (Å²) in [7, 11) is 0. The van der Waals surface area contributed by atoms with E-state index in [9.17, 15) is 4.79 Å². The van der Waals surface area contributed by atoms with Gasteiger partial charge < -0.3 is 14.6 Å². The van der Waals surface area contributed by atoms with Crippen molar-refractivity contribution >= 4 is 11.6 Å². The summed E-state index contributed by atoms with van der Waals surface area (Å²) in [5.41, 5.74) is 2.34. The number of benzene rings is 1. The van der Waals surface area contributed by atoms with Gasteiger partial charge in [-0.05, 0) is 48.9 Å². The third-order valence-electron chi connectivity index (χ3n) is 5.14. The molecule has 2 unspecified atom stereocenters. The summed E-state index contributed by atoms with van der Waals surface area (Å²) in [6, 6.07) is 12.3. The highest BCUT2D eigenvalue weighted by molar-refractivity contribution is 5.95. The average Bonchev–Trinajstić information content (AvgIpc) is 3.15. The number of nitrogens with one attached hydrogen (secondary N) is 1. The van der Waals surface area contributed by atoms with E-state index in [-0.39, 0.29) is 5.91 Å². The van der Waals surface area contributed by atoms with Gasteiger partial charge >= 0.3 is 0 Å². The molecule has 4 nitrogen and oxygen atoms in total. The molecule has 0 bridgehead atoms. The molecule has 1 amide bonds. The van der Waals surface area contributed by atoms with Crippen molar-refractivity contribution in [2.75, 3.05) is 18.0 Å². The van der Waals surface area contributed by atoms with Crippen molar-refractivity contribution in [3.63, 3.8) is 0 Å². The zero-order valence-corrected chi connectivity index (χ0v) is 14.1. The van der Waals surface area contributed by atoms with Crippen molar-refractivity contribution in [2.45, 2.75) is 38.6 Å². The van der Waals surface area contributed by atoms with E-state index in [4.69, 9.17) is 4.42 Å². The standard InChI is InChI=1S/C20H24N2O2/c1-14-11-17(14)19-9-8-16(24-19)12-21-13-20(23)22-10-4-6-15-5-2-3-7-18(15)22/h2-3,5,7-9,14,17,21H,4,6,10-13H2,1H3. The highest BCUT2D eigenvalue weighted by Gasteiger charge is 2.36. The van der Waals surface area contributed by atoms with Gasteiger partial charge in [0.1, 0.15) is 11.5 Å². The van der Waals surface area contributed by atoms with Crippen LogP contribution in [0.25, 0.3) is 0 Å². The van der Waals surface area contributed by atoms with Crippen molar-refractivity contribution in [1.82, 2.24) is 5.32 Å². The molecule has 126 valence electrons. The van der Waals surface area contributed by atoms with Gasteiger partial charge in [0.25, 0.3) is 0 Å². The van der Waals surface area contributed by atoms with Crippen molar-refractivity contribution in [2.24, 2.45) is 5.92 Å². The molecule has 2 heterocycles. The van der Waals surface area contributed by atoms with Crippen LogP contribution in [-0.4, -0.2) is 19.0 Å². The summed E-state index contributed by atoms with van der Waals surface area (Å²) in [4.78, 5) is 14.5. The van der Waals surface area contributed by atoms with Crippen LogP contribution in [0.1, 0.15) is 42.8 Å². The molecule has 0 radical (unpaired) electrons. The number of para-hydroxylation sites is 1. The third-order valence-corrected chi connectivity index (χ3v) is 5.14. The lowest BCUT2D eigenvalue weighted by atomic mass is 10.0. The molecular formula is C20H24N2O2. The minimum absolute atomic E-state index is 0.129. The summed E-state index contributed by atoms with van der Waals surface area (Å²) in [5.74, 6) is 3.49. The van der Waals surface area contributed by atoms with E-state index >= 15 is 0 Å². The lowest BCUT2D eigenvalue weighted by molar-refractivity contribution is -0.117. The number of hydrogen-bond acceptors (Lipinski definition) is 3. The lowest BCUT2D eigenvalue weighted by Gasteiger charge is -2.29. The monoisotopic (exact) mass is 324 g/mol. The molecule has 1 N–H and O–H groups in total. The van der Waals surface area contributed by atoms with E-state index in [1.54, 1.807) is 0 Å². The fourth-order valence-electron chi connectivity index (χ4n) is 3.59. The van der Waals surface area contributed by atoms with Crippen LogP contribution in [0.4, 0.5) is 5.69 Å². The molecule has 2 atom stereocenters. The van der Waals surface area contributed by atoms with Crippen LogP contribution < -0.4 is 10.2 Å². The summed E-state index contributed by atoms with van der Waals surface area (Å²) in [5, 5.41) is 3.23. The maximum absolute atomic E-state index is 12.6. The normalized spacial score (nSPS) is 22.3. The van der Waals surface area contributed by atoms with Crippen LogP contribution in [0.5, 0.6) is 0 Å². The average molecular weight is 324 g/mol. The van der Waals surface area contributed by atoms with E-state index in [1.807, 2.05) is 29.2 Å². The van der Waals surface area contributed by atoms with Gasteiger partial charge in [0.2, 0.25) is 5.91 Å². The quantitative estimate of drug-likeness (QED) is 0.916. The molecule has 1 saturated carbocycles. The first-order valence-corrected chi connectivity index (χ1v) is 8.90. The molecule has 1 fully saturated rings. The van der Waals surface area contributed by atoms with Crippen LogP contribution in [0, 0.1) is 5.92 Å². The topological polar surface area (TPSA) is 45.5 Å². The summed E-state index contributed by atoms with van der Waals surface area (Å²) >= 11 is 0. The Bertz CT molecular complexity index is 737. The van der Waals surface area contributed by atoms with Gasteiger partial charge in [-0.15, -0.1) is 0 Å². The SMILES string of the molecule is CC1CC1c1ccc(CNCC(=O)N2CCCc3ccccc32)o1. The zero-order valence-electron chi connectivity index (χ0n) is 14.1. The third kappa shape index (κ3) is 3.11. The molecule has 0 saturated heterocycles. The smallest absolute Gasteiger partial charge is 0.240 e. The maximum atomic E-state index is 12.6. The summed E-state index contributed by atoms with van der Waals surface area (Å²) < 4.78 is 5.87. The molecule has 0 spiro atoms. The minimum atomic E-state index is 0.129. The fraction of sp³-hybridized carbons (Fsp3) is 0.450. The number of aryl methyl sites for hydroxylation is 1. The van der Waals surface area contributed by atoms with E-state index in [0.717, 1.165) is 42.5 Å². The Morgan fingerprint density at radius 3 is 2.96 bits per heavy atom. The van der Waals surface area contributed by atoms with Crippen molar-refractivity contribution in [3.8, 4) is 0 Å². The van der Waals surface area contributed by atoms with Crippen molar-refractivity contribution < 1.29 is 9.21 Å². The molecule has 4 rings (SSSR count). The van der Waals surface area contributed by atoms with Gasteiger partial charge in [-0.3, -0.25) is 4.79 Å². The molecule has 24 heavy (non-hydrogen) atoms. The number of amides is 1. The Labute approximate surface area is 142 Å². The second kappa shape index (κ2) is 6.44. The van der Waals surface area contributed by atoms with Crippen LogP contribution >= 0.6 is 0 Å². The summed E-state index contributed by atoms with van der Waals surface area (Å²) in [6.45, 7) is 3.99. The number of anilines is 1. The minimum Gasteiger partial charge on any atom is -0.464 e. The first-order chi connectivity index (χ1) is 11.7. The van der Waals surface area contributed by atoms with E-state index in [1.165, 1.54) is 12.0 Å². The van der Waals surface area contributed by atoms with E-state index in [2.05, 4.69) is 24.4 Å². The Morgan fingerprint density at radius 1 is 1.29 bits per heavy atom. The van der Waals surface area contributed by atoms with Gasteiger partial charge in [-0.2, -0.15) is 0 Å². The molecule has 2 aliphatic rings. The second-order valence-corrected chi connectivity index (χ2v) is 7.00. The van der Waals surface area contributed by atoms with Crippen LogP contribution in [0.3, 0.4) is 0 Å². The largest absolute Gasteiger partial charge is 0.464 e. The number of nitrogens with zero attached hydrogens (tertiary/aromatic N) is 1. The molecule has 1 aliphatic carbocycles. The number of hydrogen-bond donors (Lipinski definition) is 1. The Hall–Kier alpha value is -2.07. The van der Waals surface area contributed by atoms with Crippen molar-refractivity contribution in [3.05, 3.63) is 53.5 Å². The number of furan rings is 1. The molecule has 2 aromatic rings. The van der Waals surface area contributed by atoms with Gasteiger partial charge in [0.15, 0.2) is 0 Å². The number of fused-ring (bicyclic) bond motifs is 1. The molecule has 4 heteroatoms. The van der Waals surface area contributed by atoms with E-state index in [0.29, 0.717) is 19.0 Å². The van der Waals surface area contributed by atoms with Crippen LogP contribution in [0.2, 0.25) is 0 Å². The Balaban J connectivity index is 1.32. The van der Waals surface area contributed by atoms with E-state index < -0.39 is 0 Å². The predicted octanol–water partition coefficient (Wildman–Crippen LogP) is 3.47. The van der Waals surface area contributed by atoms with Crippen LogP contribution in [-0.2, 0) is 17.8 Å². The number of carbonyl (C=O) groups excluding carboxylic acids is 1. The molecule has 1 aromatic carbocycles. The maximum Gasteiger partial charge on any atom is 0.240 e. The Kier molecular flexibility index (Phi) is 4.15. The highest BCUT2D eigenvalue weighted by atomic mass is 16.3. The van der Waals surface area contributed by atoms with Gasteiger partial charge in [0.05, 0.1) is 13.1 Å². The Morgan fingerprint density at radius 2 is 2.12 bits per heavy atom. The zero-order chi connectivity index (χ0) is 16.5. The van der Waals surface area contributed by atoms with Gasteiger partial charge in [-0.1, -0.05) is 25.1 Å². The van der Waals surface area contributed by atoms with Gasteiger partial charge in [-0.25, -0.2) is 0 Å². The first kappa shape index (κ1) is 15.5. The predicted molar refractivity (Wildman–Crippen MR) is 94.1 cm³/mol. The first-order valence-electron chi connectivity index (χ1n) is 8.90. The molecular weight excluding hydrogens is 300 g/mol. The number of carbonyl (C=O) groups is 1. The molecule has 1 aromatic heterocycles.